The Kier molecular flexibility index (Phi) is 3.16. The van der Waals surface area contributed by atoms with Crippen molar-refractivity contribution in [2.75, 3.05) is 6.54 Å². The van der Waals surface area contributed by atoms with Crippen molar-refractivity contribution < 1.29 is 9.90 Å². The standard InChI is InChI=1S/C9H13N3O2/c1-5-2-3-12-8(6(11)4-10)7(5)9(13)14/h2-3,6H,4,10-11H2,1H3,(H,13,14). The summed E-state index contributed by atoms with van der Waals surface area (Å²) in [6.07, 6.45) is 1.53. The molecule has 0 saturated heterocycles. The number of aromatic carboxylic acids is 1. The van der Waals surface area contributed by atoms with E-state index in [4.69, 9.17) is 16.6 Å². The van der Waals surface area contributed by atoms with Gasteiger partial charge in [0.15, 0.2) is 0 Å². The van der Waals surface area contributed by atoms with E-state index in [0.717, 1.165) is 0 Å². The molecule has 5 heteroatoms. The molecule has 1 heterocycles. The van der Waals surface area contributed by atoms with Gasteiger partial charge in [-0.25, -0.2) is 4.79 Å². The highest BCUT2D eigenvalue weighted by atomic mass is 16.4. The Morgan fingerprint density at radius 1 is 1.71 bits per heavy atom. The van der Waals surface area contributed by atoms with E-state index in [1.165, 1.54) is 6.20 Å². The topological polar surface area (TPSA) is 102 Å². The molecule has 14 heavy (non-hydrogen) atoms. The summed E-state index contributed by atoms with van der Waals surface area (Å²) in [6.45, 7) is 1.88. The van der Waals surface area contributed by atoms with E-state index in [9.17, 15) is 4.79 Å². The van der Waals surface area contributed by atoms with Gasteiger partial charge in [-0.15, -0.1) is 0 Å². The lowest BCUT2D eigenvalue weighted by molar-refractivity contribution is 0.0693. The Hall–Kier alpha value is -1.46. The van der Waals surface area contributed by atoms with Gasteiger partial charge in [0.05, 0.1) is 17.3 Å². The van der Waals surface area contributed by atoms with Gasteiger partial charge in [0.25, 0.3) is 0 Å². The first-order valence-electron chi connectivity index (χ1n) is 4.22. The summed E-state index contributed by atoms with van der Waals surface area (Å²) in [7, 11) is 0. The van der Waals surface area contributed by atoms with Gasteiger partial charge >= 0.3 is 5.97 Å². The predicted octanol–water partition coefficient (Wildman–Crippen LogP) is 0.0467. The van der Waals surface area contributed by atoms with E-state index in [1.807, 2.05) is 0 Å². The van der Waals surface area contributed by atoms with Crippen LogP contribution in [0.15, 0.2) is 12.3 Å². The summed E-state index contributed by atoms with van der Waals surface area (Å²) in [5.41, 5.74) is 12.2. The minimum atomic E-state index is -1.02. The maximum Gasteiger partial charge on any atom is 0.337 e. The number of carbonyl (C=O) groups is 1. The van der Waals surface area contributed by atoms with E-state index < -0.39 is 12.0 Å². The van der Waals surface area contributed by atoms with Crippen molar-refractivity contribution in [3.8, 4) is 0 Å². The normalized spacial score (nSPS) is 12.5. The lowest BCUT2D eigenvalue weighted by atomic mass is 10.0. The first kappa shape index (κ1) is 10.6. The lowest BCUT2D eigenvalue weighted by Gasteiger charge is -2.12. The zero-order valence-corrected chi connectivity index (χ0v) is 7.90. The van der Waals surface area contributed by atoms with Gasteiger partial charge in [-0.2, -0.15) is 0 Å². The number of hydrogen-bond donors (Lipinski definition) is 3. The number of hydrogen-bond acceptors (Lipinski definition) is 4. The van der Waals surface area contributed by atoms with Crippen molar-refractivity contribution in [2.45, 2.75) is 13.0 Å². The number of carboxylic acid groups (broad SMARTS) is 1. The van der Waals surface area contributed by atoms with Crippen LogP contribution in [-0.4, -0.2) is 22.6 Å². The second-order valence-electron chi connectivity index (χ2n) is 3.04. The molecular formula is C9H13N3O2. The van der Waals surface area contributed by atoms with Crippen LogP contribution in [-0.2, 0) is 0 Å². The maximum absolute atomic E-state index is 10.9. The molecule has 1 aromatic heterocycles. The van der Waals surface area contributed by atoms with Gasteiger partial charge in [0.2, 0.25) is 0 Å². The third-order valence-corrected chi connectivity index (χ3v) is 2.01. The van der Waals surface area contributed by atoms with Gasteiger partial charge in [-0.05, 0) is 18.6 Å². The molecular weight excluding hydrogens is 182 g/mol. The maximum atomic E-state index is 10.9. The fraction of sp³-hybridized carbons (Fsp3) is 0.333. The summed E-state index contributed by atoms with van der Waals surface area (Å²) >= 11 is 0. The number of pyridine rings is 1. The third-order valence-electron chi connectivity index (χ3n) is 2.01. The molecule has 0 saturated carbocycles. The summed E-state index contributed by atoms with van der Waals surface area (Å²) in [5.74, 6) is -1.02. The van der Waals surface area contributed by atoms with Crippen LogP contribution in [0.1, 0.15) is 27.7 Å². The highest BCUT2D eigenvalue weighted by Crippen LogP contribution is 2.16. The monoisotopic (exact) mass is 195 g/mol. The van der Waals surface area contributed by atoms with Crippen molar-refractivity contribution in [1.29, 1.82) is 0 Å². The van der Waals surface area contributed by atoms with Crippen LogP contribution in [0.3, 0.4) is 0 Å². The minimum Gasteiger partial charge on any atom is -0.478 e. The molecule has 0 amide bonds. The molecule has 1 unspecified atom stereocenters. The fourth-order valence-corrected chi connectivity index (χ4v) is 1.25. The van der Waals surface area contributed by atoms with Gasteiger partial charge < -0.3 is 16.6 Å². The zero-order chi connectivity index (χ0) is 10.7. The van der Waals surface area contributed by atoms with E-state index in [-0.39, 0.29) is 12.1 Å². The fourth-order valence-electron chi connectivity index (χ4n) is 1.25. The van der Waals surface area contributed by atoms with Crippen LogP contribution < -0.4 is 11.5 Å². The van der Waals surface area contributed by atoms with Crippen LogP contribution in [0.25, 0.3) is 0 Å². The molecule has 5 N–H and O–H groups in total. The van der Waals surface area contributed by atoms with E-state index in [0.29, 0.717) is 11.3 Å². The molecule has 0 bridgehead atoms. The Labute approximate surface area is 81.7 Å². The molecule has 0 radical (unpaired) electrons. The van der Waals surface area contributed by atoms with Gasteiger partial charge in [0.1, 0.15) is 0 Å². The van der Waals surface area contributed by atoms with Crippen LogP contribution in [0.5, 0.6) is 0 Å². The first-order chi connectivity index (χ1) is 6.57. The average molecular weight is 195 g/mol. The number of aryl methyl sites for hydroxylation is 1. The minimum absolute atomic E-state index is 0.158. The lowest BCUT2D eigenvalue weighted by Crippen LogP contribution is -2.25. The molecule has 1 aromatic rings. The molecule has 1 atom stereocenters. The third kappa shape index (κ3) is 1.89. The van der Waals surface area contributed by atoms with E-state index in [1.54, 1.807) is 13.0 Å². The number of nitrogens with zero attached hydrogens (tertiary/aromatic N) is 1. The molecule has 0 aliphatic rings. The smallest absolute Gasteiger partial charge is 0.337 e. The largest absolute Gasteiger partial charge is 0.478 e. The van der Waals surface area contributed by atoms with E-state index in [2.05, 4.69) is 4.98 Å². The van der Waals surface area contributed by atoms with Crippen molar-refractivity contribution in [1.82, 2.24) is 4.98 Å². The molecule has 76 valence electrons. The Balaban J connectivity index is 3.28. The zero-order valence-electron chi connectivity index (χ0n) is 7.90. The van der Waals surface area contributed by atoms with Gasteiger partial charge in [-0.1, -0.05) is 0 Å². The summed E-state index contributed by atoms with van der Waals surface area (Å²) < 4.78 is 0. The summed E-state index contributed by atoms with van der Waals surface area (Å²) in [5, 5.41) is 8.95. The van der Waals surface area contributed by atoms with Gasteiger partial charge in [0, 0.05) is 12.7 Å². The molecule has 0 aromatic carbocycles. The molecule has 0 aliphatic heterocycles. The summed E-state index contributed by atoms with van der Waals surface area (Å²) in [6, 6.07) is 1.11. The SMILES string of the molecule is Cc1ccnc(C(N)CN)c1C(=O)O. The number of nitrogens with two attached hydrogens (primary N) is 2. The Morgan fingerprint density at radius 3 is 2.86 bits per heavy atom. The van der Waals surface area contributed by atoms with Crippen LogP contribution in [0.4, 0.5) is 0 Å². The van der Waals surface area contributed by atoms with Crippen LogP contribution >= 0.6 is 0 Å². The van der Waals surface area contributed by atoms with Crippen molar-refractivity contribution in [3.63, 3.8) is 0 Å². The molecule has 0 fully saturated rings. The Bertz CT molecular complexity index is 352. The second kappa shape index (κ2) is 4.17. The quantitative estimate of drug-likeness (QED) is 0.632. The number of rotatable bonds is 3. The Morgan fingerprint density at radius 2 is 2.36 bits per heavy atom. The highest BCUT2D eigenvalue weighted by Gasteiger charge is 2.18. The van der Waals surface area contributed by atoms with Crippen molar-refractivity contribution >= 4 is 5.97 Å². The number of carboxylic acids is 1. The van der Waals surface area contributed by atoms with E-state index >= 15 is 0 Å². The van der Waals surface area contributed by atoms with Crippen molar-refractivity contribution in [2.24, 2.45) is 11.5 Å². The highest BCUT2D eigenvalue weighted by molar-refractivity contribution is 5.90. The molecule has 0 aliphatic carbocycles. The first-order valence-corrected chi connectivity index (χ1v) is 4.22. The number of aromatic nitrogens is 1. The predicted molar refractivity (Wildman–Crippen MR) is 51.9 cm³/mol. The van der Waals surface area contributed by atoms with Crippen LogP contribution in [0, 0.1) is 6.92 Å². The molecule has 5 nitrogen and oxygen atoms in total. The molecule has 1 rings (SSSR count). The van der Waals surface area contributed by atoms with Crippen LogP contribution in [0.2, 0.25) is 0 Å². The molecule has 0 spiro atoms. The van der Waals surface area contributed by atoms with Crippen molar-refractivity contribution in [3.05, 3.63) is 29.1 Å². The summed E-state index contributed by atoms with van der Waals surface area (Å²) in [4.78, 5) is 14.9. The van der Waals surface area contributed by atoms with Gasteiger partial charge in [-0.3, -0.25) is 4.98 Å². The average Bonchev–Trinajstić information content (AvgIpc) is 2.15. The second-order valence-corrected chi connectivity index (χ2v) is 3.04.